The van der Waals surface area contributed by atoms with Crippen molar-refractivity contribution < 1.29 is 18.7 Å². The van der Waals surface area contributed by atoms with E-state index in [4.69, 9.17) is 0 Å². The summed E-state index contributed by atoms with van der Waals surface area (Å²) >= 11 is 0. The summed E-state index contributed by atoms with van der Waals surface area (Å²) in [6.07, 6.45) is 10.8. The molecule has 5 nitrogen and oxygen atoms in total. The van der Waals surface area contributed by atoms with Gasteiger partial charge in [0.25, 0.3) is 0 Å². The van der Waals surface area contributed by atoms with Gasteiger partial charge in [0.1, 0.15) is 12.1 Å². The molecule has 1 aromatic heterocycles. The second-order valence-corrected chi connectivity index (χ2v) is 13.0. The normalized spacial score (nSPS) is 42.1. The maximum absolute atomic E-state index is 14.1. The summed E-state index contributed by atoms with van der Waals surface area (Å²) < 4.78 is 27.7. The molecule has 2 aromatic rings. The molecule has 196 valence electrons. The Labute approximate surface area is 212 Å². The van der Waals surface area contributed by atoms with Crippen LogP contribution in [0.4, 0.5) is 8.78 Å². The van der Waals surface area contributed by atoms with E-state index in [9.17, 15) is 18.7 Å². The lowest BCUT2D eigenvalue weighted by atomic mass is 9.42. The van der Waals surface area contributed by atoms with E-state index in [1.807, 2.05) is 6.92 Å². The van der Waals surface area contributed by atoms with E-state index in [-0.39, 0.29) is 34.7 Å². The number of halogens is 2. The Hall–Kier alpha value is -1.89. The van der Waals surface area contributed by atoms with Crippen LogP contribution in [-0.2, 0) is 11.3 Å². The molecule has 0 saturated heterocycles. The monoisotopic (exact) mass is 499 g/mol. The fourth-order valence-electron chi connectivity index (χ4n) is 9.76. The molecule has 4 aliphatic carbocycles. The number of fused-ring (bicyclic) bond motifs is 6. The Morgan fingerprint density at radius 1 is 1.06 bits per heavy atom. The van der Waals surface area contributed by atoms with Crippen molar-refractivity contribution in [3.05, 3.63) is 23.8 Å². The highest BCUT2D eigenvalue weighted by Gasteiger charge is 2.62. The summed E-state index contributed by atoms with van der Waals surface area (Å²) in [5.74, 6) is 0.624. The summed E-state index contributed by atoms with van der Waals surface area (Å²) in [7, 11) is 0. The van der Waals surface area contributed by atoms with Crippen LogP contribution in [0.15, 0.2) is 12.1 Å². The van der Waals surface area contributed by atoms with E-state index in [2.05, 4.69) is 24.0 Å². The first-order valence-corrected chi connectivity index (χ1v) is 14.0. The van der Waals surface area contributed by atoms with Crippen LogP contribution in [0.25, 0.3) is 11.0 Å². The lowest BCUT2D eigenvalue weighted by Gasteiger charge is -2.63. The van der Waals surface area contributed by atoms with Crippen LogP contribution in [0.5, 0.6) is 0 Å². The van der Waals surface area contributed by atoms with Crippen molar-refractivity contribution >= 4 is 16.8 Å². The SMILES string of the molecule is CC[C@]12CC[C@@](C)(O)C[C@@H]1CC[C@H]1[C@@H]3CC[C@H](C(=O)Cn4nc5ccc(F)c(F)c5n4)[C@@]3(C)CC[C@@H]12. The van der Waals surface area contributed by atoms with E-state index >= 15 is 0 Å². The van der Waals surface area contributed by atoms with Crippen LogP contribution in [0.3, 0.4) is 0 Å². The van der Waals surface area contributed by atoms with Crippen LogP contribution in [0.2, 0.25) is 0 Å². The predicted octanol–water partition coefficient (Wildman–Crippen LogP) is 6.08. The van der Waals surface area contributed by atoms with Gasteiger partial charge in [-0.2, -0.15) is 9.90 Å². The fourth-order valence-corrected chi connectivity index (χ4v) is 9.76. The van der Waals surface area contributed by atoms with Crippen molar-refractivity contribution in [3.8, 4) is 0 Å². The van der Waals surface area contributed by atoms with Crippen molar-refractivity contribution in [2.75, 3.05) is 0 Å². The molecule has 4 aliphatic rings. The van der Waals surface area contributed by atoms with Gasteiger partial charge in [-0.25, -0.2) is 8.78 Å². The second kappa shape index (κ2) is 8.31. The van der Waals surface area contributed by atoms with Gasteiger partial charge in [-0.05, 0) is 118 Å². The fraction of sp³-hybridized carbons (Fsp3) is 0.759. The summed E-state index contributed by atoms with van der Waals surface area (Å²) in [4.78, 5) is 14.8. The van der Waals surface area contributed by atoms with Gasteiger partial charge in [-0.15, -0.1) is 5.10 Å². The van der Waals surface area contributed by atoms with Crippen LogP contribution in [-0.4, -0.2) is 31.5 Å². The largest absolute Gasteiger partial charge is 0.390 e. The number of aromatic nitrogens is 3. The molecule has 4 saturated carbocycles. The zero-order valence-corrected chi connectivity index (χ0v) is 21.8. The molecular formula is C29H39F2N3O2. The maximum atomic E-state index is 14.1. The molecule has 0 spiro atoms. The Morgan fingerprint density at radius 2 is 1.86 bits per heavy atom. The minimum atomic E-state index is -1.01. The van der Waals surface area contributed by atoms with E-state index in [1.54, 1.807) is 0 Å². The van der Waals surface area contributed by atoms with Gasteiger partial charge >= 0.3 is 0 Å². The number of rotatable bonds is 4. The van der Waals surface area contributed by atoms with Gasteiger partial charge in [0.05, 0.1) is 5.60 Å². The van der Waals surface area contributed by atoms with E-state index in [0.717, 1.165) is 44.6 Å². The molecule has 4 fully saturated rings. The number of Topliss-reactive ketones (excluding diaryl/α,β-unsaturated/α-hetero) is 1. The zero-order valence-electron chi connectivity index (χ0n) is 21.8. The summed E-state index contributed by atoms with van der Waals surface area (Å²) in [5, 5.41) is 19.2. The maximum Gasteiger partial charge on any atom is 0.188 e. The number of hydrogen-bond donors (Lipinski definition) is 1. The van der Waals surface area contributed by atoms with Gasteiger partial charge in [0.2, 0.25) is 0 Å². The van der Waals surface area contributed by atoms with E-state index in [1.165, 1.54) is 36.5 Å². The molecular weight excluding hydrogens is 460 g/mol. The second-order valence-electron chi connectivity index (χ2n) is 13.0. The topological polar surface area (TPSA) is 68.0 Å². The Kier molecular flexibility index (Phi) is 5.64. The molecule has 0 bridgehead atoms. The third-order valence-electron chi connectivity index (χ3n) is 11.5. The molecule has 6 rings (SSSR count). The molecule has 0 amide bonds. The molecule has 36 heavy (non-hydrogen) atoms. The van der Waals surface area contributed by atoms with Gasteiger partial charge in [-0.1, -0.05) is 13.8 Å². The first-order valence-electron chi connectivity index (χ1n) is 14.0. The first kappa shape index (κ1) is 24.4. The van der Waals surface area contributed by atoms with E-state index in [0.29, 0.717) is 29.1 Å². The molecule has 1 heterocycles. The predicted molar refractivity (Wildman–Crippen MR) is 133 cm³/mol. The highest BCUT2D eigenvalue weighted by Crippen LogP contribution is 2.69. The molecule has 0 aliphatic heterocycles. The van der Waals surface area contributed by atoms with Gasteiger partial charge < -0.3 is 5.11 Å². The average Bonchev–Trinajstić information content (AvgIpc) is 3.41. The minimum Gasteiger partial charge on any atom is -0.390 e. The average molecular weight is 500 g/mol. The first-order chi connectivity index (χ1) is 17.1. The van der Waals surface area contributed by atoms with Crippen LogP contribution < -0.4 is 0 Å². The smallest absolute Gasteiger partial charge is 0.188 e. The number of hydrogen-bond acceptors (Lipinski definition) is 4. The number of benzene rings is 1. The van der Waals surface area contributed by atoms with Crippen molar-refractivity contribution in [3.63, 3.8) is 0 Å². The lowest BCUT2D eigenvalue weighted by molar-refractivity contribution is -0.158. The number of carbonyl (C=O) groups is 1. The third kappa shape index (κ3) is 3.51. The highest BCUT2D eigenvalue weighted by molar-refractivity contribution is 5.82. The van der Waals surface area contributed by atoms with E-state index < -0.39 is 17.2 Å². The Morgan fingerprint density at radius 3 is 2.64 bits per heavy atom. The quantitative estimate of drug-likeness (QED) is 0.554. The molecule has 0 unspecified atom stereocenters. The summed E-state index contributed by atoms with van der Waals surface area (Å²) in [6, 6.07) is 2.45. The minimum absolute atomic E-state index is 0.00681. The standard InChI is InChI=1S/C29H39F2N3O2/c1-4-29-14-13-27(2,36)15-17(29)5-6-18-19-7-8-21(28(19,3)12-11-20(18)29)24(35)16-34-32-23-10-9-22(30)25(31)26(23)33-34/h9-10,17-21,36H,4-8,11-16H2,1-3H3/t17-,18-,19-,20-,21+,27+,28-,29-/m0/s1. The van der Waals surface area contributed by atoms with Crippen molar-refractivity contribution in [2.45, 2.75) is 97.1 Å². The Balaban J connectivity index is 1.22. The lowest BCUT2D eigenvalue weighted by Crippen LogP contribution is -2.56. The molecule has 1 N–H and O–H groups in total. The third-order valence-corrected chi connectivity index (χ3v) is 11.5. The highest BCUT2D eigenvalue weighted by atomic mass is 19.2. The number of ketones is 1. The Bertz CT molecular complexity index is 1190. The number of aliphatic hydroxyl groups is 1. The molecule has 0 radical (unpaired) electrons. The number of nitrogens with zero attached hydrogens (tertiary/aromatic N) is 3. The molecule has 8 atom stereocenters. The summed E-state index contributed by atoms with van der Waals surface area (Å²) in [5.41, 5.74) is -0.0563. The van der Waals surface area contributed by atoms with Crippen LogP contribution >= 0.6 is 0 Å². The zero-order chi connectivity index (χ0) is 25.5. The van der Waals surface area contributed by atoms with Crippen molar-refractivity contribution in [2.24, 2.45) is 40.4 Å². The molecule has 1 aromatic carbocycles. The number of carbonyl (C=O) groups excluding carboxylic acids is 1. The molecule has 7 heteroatoms. The van der Waals surface area contributed by atoms with Gasteiger partial charge in [0, 0.05) is 5.92 Å². The van der Waals surface area contributed by atoms with Gasteiger partial charge in [0.15, 0.2) is 22.9 Å². The van der Waals surface area contributed by atoms with Crippen molar-refractivity contribution in [1.82, 2.24) is 15.0 Å². The van der Waals surface area contributed by atoms with Crippen LogP contribution in [0.1, 0.15) is 85.0 Å². The van der Waals surface area contributed by atoms with Gasteiger partial charge in [-0.3, -0.25) is 4.79 Å². The summed E-state index contributed by atoms with van der Waals surface area (Å²) in [6.45, 7) is 6.72. The van der Waals surface area contributed by atoms with Crippen LogP contribution in [0, 0.1) is 52.1 Å². The van der Waals surface area contributed by atoms with Crippen molar-refractivity contribution in [1.29, 1.82) is 0 Å².